The van der Waals surface area contributed by atoms with E-state index >= 15 is 0 Å². The van der Waals surface area contributed by atoms with Crippen molar-refractivity contribution in [1.82, 2.24) is 9.97 Å². The maximum absolute atomic E-state index is 13.6. The summed E-state index contributed by atoms with van der Waals surface area (Å²) in [5.74, 6) is -3.03. The molecule has 2 aromatic rings. The van der Waals surface area contributed by atoms with Gasteiger partial charge in [-0.2, -0.15) is 0 Å². The predicted molar refractivity (Wildman–Crippen MR) is 58.7 cm³/mol. The molecule has 0 bridgehead atoms. The van der Waals surface area contributed by atoms with Gasteiger partial charge in [0.15, 0.2) is 5.82 Å². The molecule has 18 heavy (non-hydrogen) atoms. The van der Waals surface area contributed by atoms with Crippen molar-refractivity contribution < 1.29 is 18.7 Å². The fourth-order valence-corrected chi connectivity index (χ4v) is 1.48. The van der Waals surface area contributed by atoms with Crippen molar-refractivity contribution in [2.75, 3.05) is 0 Å². The molecule has 0 fully saturated rings. The van der Waals surface area contributed by atoms with Gasteiger partial charge >= 0.3 is 5.97 Å². The monoisotopic (exact) mass is 250 g/mol. The zero-order valence-corrected chi connectivity index (χ0v) is 9.10. The van der Waals surface area contributed by atoms with Crippen LogP contribution < -0.4 is 0 Å². The Morgan fingerprint density at radius 2 is 1.89 bits per heavy atom. The maximum Gasteiger partial charge on any atom is 0.309 e. The molecular weight excluding hydrogens is 242 g/mol. The van der Waals surface area contributed by atoms with Crippen LogP contribution in [0.1, 0.15) is 5.69 Å². The molecule has 92 valence electrons. The minimum atomic E-state index is -1.23. The summed E-state index contributed by atoms with van der Waals surface area (Å²) in [7, 11) is 0. The van der Waals surface area contributed by atoms with Gasteiger partial charge in [-0.25, -0.2) is 13.8 Å². The van der Waals surface area contributed by atoms with Crippen LogP contribution in [0.3, 0.4) is 0 Å². The number of halogens is 2. The SMILES string of the molecule is O=C(O)Cc1nc(-c2ccncc2)c(F)cc1F. The number of hydrogen-bond donors (Lipinski definition) is 1. The van der Waals surface area contributed by atoms with Crippen molar-refractivity contribution in [2.24, 2.45) is 0 Å². The van der Waals surface area contributed by atoms with Crippen LogP contribution in [0.25, 0.3) is 11.3 Å². The number of pyridine rings is 2. The third-order valence-electron chi connectivity index (χ3n) is 2.27. The number of carboxylic acid groups (broad SMARTS) is 1. The summed E-state index contributed by atoms with van der Waals surface area (Å²) in [5, 5.41) is 8.61. The Kier molecular flexibility index (Phi) is 3.27. The zero-order chi connectivity index (χ0) is 13.1. The lowest BCUT2D eigenvalue weighted by molar-refractivity contribution is -0.136. The highest BCUT2D eigenvalue weighted by Gasteiger charge is 2.15. The number of nitrogens with zero attached hydrogens (tertiary/aromatic N) is 2. The van der Waals surface area contributed by atoms with Crippen LogP contribution in [0.5, 0.6) is 0 Å². The van der Waals surface area contributed by atoms with E-state index in [1.807, 2.05) is 0 Å². The van der Waals surface area contributed by atoms with Gasteiger partial charge in [-0.1, -0.05) is 0 Å². The van der Waals surface area contributed by atoms with Crippen LogP contribution in [0.2, 0.25) is 0 Å². The fraction of sp³-hybridized carbons (Fsp3) is 0.0833. The van der Waals surface area contributed by atoms with E-state index in [4.69, 9.17) is 5.11 Å². The second-order valence-electron chi connectivity index (χ2n) is 3.55. The fourth-order valence-electron chi connectivity index (χ4n) is 1.48. The number of rotatable bonds is 3. The molecule has 0 saturated heterocycles. The summed E-state index contributed by atoms with van der Waals surface area (Å²) >= 11 is 0. The van der Waals surface area contributed by atoms with Gasteiger partial charge in [0, 0.05) is 24.0 Å². The lowest BCUT2D eigenvalue weighted by atomic mass is 10.1. The summed E-state index contributed by atoms with van der Waals surface area (Å²) in [6.45, 7) is 0. The minimum absolute atomic E-state index is 0.0879. The van der Waals surface area contributed by atoms with Crippen molar-refractivity contribution in [3.63, 3.8) is 0 Å². The Balaban J connectivity index is 2.51. The van der Waals surface area contributed by atoms with Crippen LogP contribution in [-0.4, -0.2) is 21.0 Å². The molecule has 0 aliphatic heterocycles. The Labute approximate surface area is 101 Å². The number of hydrogen-bond acceptors (Lipinski definition) is 3. The Morgan fingerprint density at radius 3 is 2.50 bits per heavy atom. The van der Waals surface area contributed by atoms with Gasteiger partial charge in [-0.3, -0.25) is 9.78 Å². The van der Waals surface area contributed by atoms with Crippen LogP contribution in [0.4, 0.5) is 8.78 Å². The molecule has 0 aliphatic carbocycles. The topological polar surface area (TPSA) is 63.1 Å². The van der Waals surface area contributed by atoms with Gasteiger partial charge in [-0.15, -0.1) is 0 Å². The minimum Gasteiger partial charge on any atom is -0.481 e. The van der Waals surface area contributed by atoms with E-state index < -0.39 is 24.0 Å². The summed E-state index contributed by atoms with van der Waals surface area (Å²) in [6.07, 6.45) is 2.29. The van der Waals surface area contributed by atoms with E-state index in [1.165, 1.54) is 24.5 Å². The second-order valence-corrected chi connectivity index (χ2v) is 3.55. The first-order valence-corrected chi connectivity index (χ1v) is 5.05. The van der Waals surface area contributed by atoms with Crippen molar-refractivity contribution >= 4 is 5.97 Å². The van der Waals surface area contributed by atoms with Crippen molar-refractivity contribution in [1.29, 1.82) is 0 Å². The first-order chi connectivity index (χ1) is 8.58. The molecule has 0 spiro atoms. The molecule has 2 rings (SSSR count). The lowest BCUT2D eigenvalue weighted by Gasteiger charge is -2.06. The molecule has 0 unspecified atom stereocenters. The molecular formula is C12H8F2N2O2. The largest absolute Gasteiger partial charge is 0.481 e. The van der Waals surface area contributed by atoms with Crippen LogP contribution >= 0.6 is 0 Å². The highest BCUT2D eigenvalue weighted by atomic mass is 19.1. The molecule has 1 N–H and O–H groups in total. The van der Waals surface area contributed by atoms with Crippen molar-refractivity contribution in [3.05, 3.63) is 47.9 Å². The Morgan fingerprint density at radius 1 is 1.22 bits per heavy atom. The molecule has 4 nitrogen and oxygen atoms in total. The first kappa shape index (κ1) is 12.1. The van der Waals surface area contributed by atoms with E-state index in [0.29, 0.717) is 11.6 Å². The molecule has 0 atom stereocenters. The van der Waals surface area contributed by atoms with Gasteiger partial charge in [0.25, 0.3) is 0 Å². The summed E-state index contributed by atoms with van der Waals surface area (Å²) in [5.41, 5.74) is 0.0277. The van der Waals surface area contributed by atoms with Gasteiger partial charge in [0.2, 0.25) is 0 Å². The summed E-state index contributed by atoms with van der Waals surface area (Å²) in [4.78, 5) is 18.0. The summed E-state index contributed by atoms with van der Waals surface area (Å²) < 4.78 is 26.9. The Bertz CT molecular complexity index is 588. The number of carboxylic acids is 1. The molecule has 0 aromatic carbocycles. The normalized spacial score (nSPS) is 10.3. The third kappa shape index (κ3) is 2.48. The van der Waals surface area contributed by atoms with Crippen LogP contribution in [0.15, 0.2) is 30.6 Å². The molecule has 0 saturated carbocycles. The highest BCUT2D eigenvalue weighted by Crippen LogP contribution is 2.22. The van der Waals surface area contributed by atoms with Gasteiger partial charge in [0.05, 0.1) is 12.1 Å². The molecule has 0 amide bonds. The second kappa shape index (κ2) is 4.87. The average Bonchev–Trinajstić information content (AvgIpc) is 2.33. The molecule has 2 heterocycles. The van der Waals surface area contributed by atoms with Gasteiger partial charge in [-0.05, 0) is 12.1 Å². The first-order valence-electron chi connectivity index (χ1n) is 5.05. The highest BCUT2D eigenvalue weighted by molar-refractivity contribution is 5.70. The number of carbonyl (C=O) groups is 1. The Hall–Kier alpha value is -2.37. The van der Waals surface area contributed by atoms with E-state index in [9.17, 15) is 13.6 Å². The summed E-state index contributed by atoms with van der Waals surface area (Å²) in [6, 6.07) is 3.66. The van der Waals surface area contributed by atoms with Gasteiger partial charge in [0.1, 0.15) is 11.5 Å². The van der Waals surface area contributed by atoms with Crippen LogP contribution in [-0.2, 0) is 11.2 Å². The van der Waals surface area contributed by atoms with E-state index in [-0.39, 0.29) is 11.4 Å². The number of aromatic nitrogens is 2. The quantitative estimate of drug-likeness (QED) is 0.905. The maximum atomic E-state index is 13.6. The van der Waals surface area contributed by atoms with Gasteiger partial charge < -0.3 is 5.11 Å². The molecule has 2 aromatic heterocycles. The van der Waals surface area contributed by atoms with Crippen molar-refractivity contribution in [3.8, 4) is 11.3 Å². The smallest absolute Gasteiger partial charge is 0.309 e. The van der Waals surface area contributed by atoms with E-state index in [2.05, 4.69) is 9.97 Å². The standard InChI is InChI=1S/C12H8F2N2O2/c13-8-5-9(14)12(7-1-3-15-4-2-7)16-10(8)6-11(17)18/h1-5H,6H2,(H,17,18). The number of aliphatic carboxylic acids is 1. The van der Waals surface area contributed by atoms with Crippen molar-refractivity contribution in [2.45, 2.75) is 6.42 Å². The molecule has 6 heteroatoms. The van der Waals surface area contributed by atoms with Crippen LogP contribution in [0, 0.1) is 11.6 Å². The molecule has 0 radical (unpaired) electrons. The third-order valence-corrected chi connectivity index (χ3v) is 2.27. The zero-order valence-electron chi connectivity index (χ0n) is 9.10. The van der Waals surface area contributed by atoms with E-state index in [1.54, 1.807) is 0 Å². The average molecular weight is 250 g/mol. The van der Waals surface area contributed by atoms with E-state index in [0.717, 1.165) is 0 Å². The molecule has 0 aliphatic rings. The lowest BCUT2D eigenvalue weighted by Crippen LogP contribution is -2.07. The predicted octanol–water partition coefficient (Wildman–Crippen LogP) is 2.05.